The number of likely N-dealkylation sites (tertiary alicyclic amines) is 1. The van der Waals surface area contributed by atoms with E-state index in [2.05, 4.69) is 4.90 Å². The standard InChI is InChI=1S/C14H20F3N3/c1-19-7-3-4-11(19)9-20(2)13-6-5-10(18)8-12(13)14(15,16)17/h5-6,8,11H,3-4,7,9,18H2,1-2H3. The number of benzene rings is 1. The Bertz CT molecular complexity index is 473. The van der Waals surface area contributed by atoms with E-state index in [1.165, 1.54) is 12.1 Å². The minimum atomic E-state index is -4.39. The molecule has 1 aliphatic rings. The molecule has 112 valence electrons. The number of halogens is 3. The van der Waals surface area contributed by atoms with E-state index in [0.717, 1.165) is 25.5 Å². The summed E-state index contributed by atoms with van der Waals surface area (Å²) >= 11 is 0. The topological polar surface area (TPSA) is 32.5 Å². The molecule has 2 N–H and O–H groups in total. The average Bonchev–Trinajstić information content (AvgIpc) is 2.73. The molecule has 1 saturated heterocycles. The smallest absolute Gasteiger partial charge is 0.399 e. The third-order valence-electron chi connectivity index (χ3n) is 3.89. The lowest BCUT2D eigenvalue weighted by Crippen LogP contribution is -2.37. The van der Waals surface area contributed by atoms with E-state index in [1.54, 1.807) is 11.9 Å². The van der Waals surface area contributed by atoms with Crippen molar-refractivity contribution < 1.29 is 13.2 Å². The van der Waals surface area contributed by atoms with Crippen LogP contribution in [-0.4, -0.2) is 38.1 Å². The van der Waals surface area contributed by atoms with Crippen molar-refractivity contribution in [2.45, 2.75) is 25.1 Å². The molecule has 0 spiro atoms. The van der Waals surface area contributed by atoms with Crippen molar-refractivity contribution in [3.8, 4) is 0 Å². The lowest BCUT2D eigenvalue weighted by atomic mass is 10.1. The molecule has 1 heterocycles. The average molecular weight is 287 g/mol. The third-order valence-corrected chi connectivity index (χ3v) is 3.89. The van der Waals surface area contributed by atoms with Crippen molar-refractivity contribution in [1.29, 1.82) is 0 Å². The van der Waals surface area contributed by atoms with Gasteiger partial charge in [0, 0.05) is 31.0 Å². The maximum atomic E-state index is 13.1. The zero-order valence-electron chi connectivity index (χ0n) is 11.7. The van der Waals surface area contributed by atoms with Crippen LogP contribution in [0.3, 0.4) is 0 Å². The predicted molar refractivity (Wildman–Crippen MR) is 74.8 cm³/mol. The van der Waals surface area contributed by atoms with E-state index >= 15 is 0 Å². The van der Waals surface area contributed by atoms with Crippen molar-refractivity contribution in [2.24, 2.45) is 0 Å². The first-order chi connectivity index (χ1) is 9.29. The predicted octanol–water partition coefficient (Wildman–Crippen LogP) is 2.82. The van der Waals surface area contributed by atoms with Crippen LogP contribution in [-0.2, 0) is 6.18 Å². The van der Waals surface area contributed by atoms with Gasteiger partial charge in [-0.1, -0.05) is 0 Å². The summed E-state index contributed by atoms with van der Waals surface area (Å²) in [6.07, 6.45) is -2.26. The molecule has 6 heteroatoms. The molecule has 1 aliphatic heterocycles. The van der Waals surface area contributed by atoms with Crippen LogP contribution in [0.4, 0.5) is 24.5 Å². The molecule has 0 aromatic heterocycles. The number of anilines is 2. The highest BCUT2D eigenvalue weighted by atomic mass is 19.4. The highest BCUT2D eigenvalue weighted by Crippen LogP contribution is 2.37. The molecule has 0 amide bonds. The lowest BCUT2D eigenvalue weighted by Gasteiger charge is -2.29. The number of alkyl halides is 3. The zero-order valence-corrected chi connectivity index (χ0v) is 11.7. The number of nitrogens with zero attached hydrogens (tertiary/aromatic N) is 2. The minimum absolute atomic E-state index is 0.132. The second-order valence-electron chi connectivity index (χ2n) is 5.43. The molecule has 1 aromatic rings. The molecule has 0 radical (unpaired) electrons. The molecule has 20 heavy (non-hydrogen) atoms. The molecule has 3 nitrogen and oxygen atoms in total. The second kappa shape index (κ2) is 5.52. The van der Waals surface area contributed by atoms with Gasteiger partial charge in [0.25, 0.3) is 0 Å². The van der Waals surface area contributed by atoms with Crippen molar-refractivity contribution >= 4 is 11.4 Å². The Morgan fingerprint density at radius 1 is 1.40 bits per heavy atom. The molecule has 1 atom stereocenters. The summed E-state index contributed by atoms with van der Waals surface area (Å²) in [4.78, 5) is 3.87. The van der Waals surface area contributed by atoms with E-state index in [1.807, 2.05) is 7.05 Å². The second-order valence-corrected chi connectivity index (χ2v) is 5.43. The normalized spacial score (nSPS) is 20.4. The van der Waals surface area contributed by atoms with E-state index in [9.17, 15) is 13.2 Å². The van der Waals surface area contributed by atoms with Gasteiger partial charge in [-0.15, -0.1) is 0 Å². The van der Waals surface area contributed by atoms with Gasteiger partial charge in [-0.05, 0) is 44.6 Å². The number of nitrogen functional groups attached to an aromatic ring is 1. The monoisotopic (exact) mass is 287 g/mol. The number of hydrogen-bond acceptors (Lipinski definition) is 3. The Morgan fingerprint density at radius 2 is 2.10 bits per heavy atom. The maximum absolute atomic E-state index is 13.1. The largest absolute Gasteiger partial charge is 0.418 e. The summed E-state index contributed by atoms with van der Waals surface area (Å²) in [6, 6.07) is 4.27. The quantitative estimate of drug-likeness (QED) is 0.868. The van der Waals surface area contributed by atoms with Crippen molar-refractivity contribution in [1.82, 2.24) is 4.90 Å². The van der Waals surface area contributed by atoms with Crippen molar-refractivity contribution in [3.05, 3.63) is 23.8 Å². The summed E-state index contributed by atoms with van der Waals surface area (Å²) in [5.74, 6) is 0. The van der Waals surface area contributed by atoms with Gasteiger partial charge in [0.1, 0.15) is 0 Å². The van der Waals surface area contributed by atoms with Crippen LogP contribution in [0.15, 0.2) is 18.2 Å². The fraction of sp³-hybridized carbons (Fsp3) is 0.571. The van der Waals surface area contributed by atoms with E-state index < -0.39 is 11.7 Å². The first kappa shape index (κ1) is 15.0. The Morgan fingerprint density at radius 3 is 2.65 bits per heavy atom. The van der Waals surface area contributed by atoms with Crippen molar-refractivity contribution in [2.75, 3.05) is 37.8 Å². The van der Waals surface area contributed by atoms with Gasteiger partial charge in [-0.25, -0.2) is 0 Å². The van der Waals surface area contributed by atoms with Crippen LogP contribution >= 0.6 is 0 Å². The van der Waals surface area contributed by atoms with Crippen molar-refractivity contribution in [3.63, 3.8) is 0 Å². The first-order valence-corrected chi connectivity index (χ1v) is 6.67. The van der Waals surface area contributed by atoms with Gasteiger partial charge >= 0.3 is 6.18 Å². The van der Waals surface area contributed by atoms with Gasteiger partial charge in [0.05, 0.1) is 5.56 Å². The molecule has 0 aliphatic carbocycles. The van der Waals surface area contributed by atoms with Gasteiger partial charge < -0.3 is 15.5 Å². The van der Waals surface area contributed by atoms with E-state index in [4.69, 9.17) is 5.73 Å². The molecule has 1 aromatic carbocycles. The van der Waals surface area contributed by atoms with E-state index in [0.29, 0.717) is 12.6 Å². The molecule has 0 bridgehead atoms. The Hall–Kier alpha value is -1.43. The third kappa shape index (κ3) is 3.17. The number of likely N-dealkylation sites (N-methyl/N-ethyl adjacent to an activating group) is 2. The SMILES string of the molecule is CN(CC1CCCN1C)c1ccc(N)cc1C(F)(F)F. The minimum Gasteiger partial charge on any atom is -0.399 e. The number of nitrogens with two attached hydrogens (primary N) is 1. The number of hydrogen-bond donors (Lipinski definition) is 1. The van der Waals surface area contributed by atoms with Crippen LogP contribution in [0.1, 0.15) is 18.4 Å². The summed E-state index contributed by atoms with van der Waals surface area (Å²) in [6.45, 7) is 1.59. The highest BCUT2D eigenvalue weighted by molar-refractivity contribution is 5.60. The highest BCUT2D eigenvalue weighted by Gasteiger charge is 2.35. The maximum Gasteiger partial charge on any atom is 0.418 e. The summed E-state index contributed by atoms with van der Waals surface area (Å²) in [5, 5.41) is 0. The van der Waals surface area contributed by atoms with Gasteiger partial charge in [-0.3, -0.25) is 0 Å². The Balaban J connectivity index is 2.23. The van der Waals surface area contributed by atoms with Crippen LogP contribution in [0.2, 0.25) is 0 Å². The first-order valence-electron chi connectivity index (χ1n) is 6.67. The van der Waals surface area contributed by atoms with Crippen LogP contribution in [0.25, 0.3) is 0 Å². The van der Waals surface area contributed by atoms with Crippen LogP contribution in [0, 0.1) is 0 Å². The Kier molecular flexibility index (Phi) is 4.13. The molecule has 0 saturated carbocycles. The molecule has 1 unspecified atom stereocenters. The fourth-order valence-electron chi connectivity index (χ4n) is 2.74. The van der Waals surface area contributed by atoms with Crippen LogP contribution < -0.4 is 10.6 Å². The summed E-state index contributed by atoms with van der Waals surface area (Å²) in [5.41, 5.74) is 5.14. The summed E-state index contributed by atoms with van der Waals surface area (Å²) < 4.78 is 39.3. The zero-order chi connectivity index (χ0) is 14.9. The molecule has 1 fully saturated rings. The molecular formula is C14H20F3N3. The van der Waals surface area contributed by atoms with E-state index in [-0.39, 0.29) is 11.4 Å². The molecular weight excluding hydrogens is 267 g/mol. The van der Waals surface area contributed by atoms with Gasteiger partial charge in [0.15, 0.2) is 0 Å². The lowest BCUT2D eigenvalue weighted by molar-refractivity contribution is -0.137. The fourth-order valence-corrected chi connectivity index (χ4v) is 2.74. The van der Waals surface area contributed by atoms with Gasteiger partial charge in [0.2, 0.25) is 0 Å². The Labute approximate surface area is 117 Å². The van der Waals surface area contributed by atoms with Gasteiger partial charge in [-0.2, -0.15) is 13.2 Å². The summed E-state index contributed by atoms with van der Waals surface area (Å²) in [7, 11) is 3.71. The molecule has 2 rings (SSSR count). The number of rotatable bonds is 3. The van der Waals surface area contributed by atoms with Crippen LogP contribution in [0.5, 0.6) is 0 Å².